The Labute approximate surface area is 142 Å². The maximum atomic E-state index is 12.3. The molecule has 7 nitrogen and oxygen atoms in total. The van der Waals surface area contributed by atoms with Crippen molar-refractivity contribution >= 4 is 10.0 Å². The standard InChI is InChI=1S/C16H23N3O4S/c1-11(2)16-19-18-15(23-16)9-10-17-24(20,21)14-7-5-13(6-8-14)22-12(3)4/h5-8,11-12,17H,9-10H2,1-4H3. The average molecular weight is 353 g/mol. The van der Waals surface area contributed by atoms with Gasteiger partial charge in [0.25, 0.3) is 0 Å². The number of sulfonamides is 1. The van der Waals surface area contributed by atoms with Gasteiger partial charge in [-0.1, -0.05) is 13.8 Å². The van der Waals surface area contributed by atoms with Crippen LogP contribution < -0.4 is 9.46 Å². The fourth-order valence-electron chi connectivity index (χ4n) is 1.95. The lowest BCUT2D eigenvalue weighted by molar-refractivity contribution is 0.242. The lowest BCUT2D eigenvalue weighted by atomic mass is 10.2. The molecule has 0 aliphatic carbocycles. The summed E-state index contributed by atoms with van der Waals surface area (Å²) in [5.41, 5.74) is 0. The van der Waals surface area contributed by atoms with E-state index in [1.165, 1.54) is 12.1 Å². The minimum Gasteiger partial charge on any atom is -0.491 e. The number of hydrogen-bond acceptors (Lipinski definition) is 6. The third-order valence-corrected chi connectivity index (χ3v) is 4.59. The van der Waals surface area contributed by atoms with Crippen LogP contribution in [-0.2, 0) is 16.4 Å². The molecule has 2 aromatic rings. The zero-order valence-corrected chi connectivity index (χ0v) is 15.1. The van der Waals surface area contributed by atoms with Gasteiger partial charge in [0.15, 0.2) is 0 Å². The van der Waals surface area contributed by atoms with Crippen LogP contribution in [0.5, 0.6) is 5.75 Å². The molecule has 2 rings (SSSR count). The smallest absolute Gasteiger partial charge is 0.240 e. The van der Waals surface area contributed by atoms with E-state index in [1.807, 2.05) is 27.7 Å². The second-order valence-electron chi connectivity index (χ2n) is 5.97. The SMILES string of the molecule is CC(C)Oc1ccc(S(=O)(=O)NCCc2nnc(C(C)C)o2)cc1. The van der Waals surface area contributed by atoms with Gasteiger partial charge >= 0.3 is 0 Å². The van der Waals surface area contributed by atoms with Crippen molar-refractivity contribution in [3.63, 3.8) is 0 Å². The van der Waals surface area contributed by atoms with Gasteiger partial charge in [-0.3, -0.25) is 0 Å². The Morgan fingerprint density at radius 2 is 1.79 bits per heavy atom. The Morgan fingerprint density at radius 3 is 2.33 bits per heavy atom. The highest BCUT2D eigenvalue weighted by molar-refractivity contribution is 7.89. The monoisotopic (exact) mass is 353 g/mol. The van der Waals surface area contributed by atoms with Crippen molar-refractivity contribution in [2.45, 2.75) is 51.0 Å². The maximum Gasteiger partial charge on any atom is 0.240 e. The topological polar surface area (TPSA) is 94.3 Å². The molecule has 132 valence electrons. The summed E-state index contributed by atoms with van der Waals surface area (Å²) >= 11 is 0. The van der Waals surface area contributed by atoms with Crippen molar-refractivity contribution < 1.29 is 17.6 Å². The number of aromatic nitrogens is 2. The molecule has 0 saturated carbocycles. The second-order valence-corrected chi connectivity index (χ2v) is 7.74. The van der Waals surface area contributed by atoms with Crippen LogP contribution in [0.3, 0.4) is 0 Å². The van der Waals surface area contributed by atoms with Crippen LogP contribution in [0.2, 0.25) is 0 Å². The molecule has 0 aliphatic heterocycles. The fraction of sp³-hybridized carbons (Fsp3) is 0.500. The lowest BCUT2D eigenvalue weighted by Crippen LogP contribution is -2.26. The predicted octanol–water partition coefficient (Wildman–Crippen LogP) is 2.50. The zero-order chi connectivity index (χ0) is 17.7. The lowest BCUT2D eigenvalue weighted by Gasteiger charge is -2.10. The number of nitrogens with one attached hydrogen (secondary N) is 1. The number of rotatable bonds is 8. The number of hydrogen-bond donors (Lipinski definition) is 1. The molecule has 0 fully saturated rings. The van der Waals surface area contributed by atoms with E-state index in [-0.39, 0.29) is 23.5 Å². The summed E-state index contributed by atoms with van der Waals surface area (Å²) in [5.74, 6) is 1.75. The van der Waals surface area contributed by atoms with Crippen LogP contribution in [0.15, 0.2) is 33.6 Å². The highest BCUT2D eigenvalue weighted by Crippen LogP contribution is 2.17. The van der Waals surface area contributed by atoms with Crippen molar-refractivity contribution in [1.29, 1.82) is 0 Å². The Hall–Kier alpha value is -1.93. The van der Waals surface area contributed by atoms with E-state index in [0.29, 0.717) is 24.0 Å². The minimum atomic E-state index is -3.58. The van der Waals surface area contributed by atoms with Gasteiger partial charge in [0.2, 0.25) is 21.8 Å². The molecule has 0 unspecified atom stereocenters. The maximum absolute atomic E-state index is 12.3. The predicted molar refractivity (Wildman–Crippen MR) is 89.5 cm³/mol. The Morgan fingerprint density at radius 1 is 1.12 bits per heavy atom. The van der Waals surface area contributed by atoms with Crippen molar-refractivity contribution in [3.05, 3.63) is 36.0 Å². The summed E-state index contributed by atoms with van der Waals surface area (Å²) in [5, 5.41) is 7.82. The van der Waals surface area contributed by atoms with E-state index in [0.717, 1.165) is 0 Å². The first-order valence-corrected chi connectivity index (χ1v) is 9.35. The van der Waals surface area contributed by atoms with E-state index in [1.54, 1.807) is 12.1 Å². The van der Waals surface area contributed by atoms with Crippen LogP contribution >= 0.6 is 0 Å². The minimum absolute atomic E-state index is 0.0377. The molecule has 0 atom stereocenters. The van der Waals surface area contributed by atoms with Gasteiger partial charge in [-0.05, 0) is 38.1 Å². The number of ether oxygens (including phenoxy) is 1. The molecule has 0 saturated heterocycles. The van der Waals surface area contributed by atoms with Crippen molar-refractivity contribution in [2.75, 3.05) is 6.54 Å². The third kappa shape index (κ3) is 5.04. The van der Waals surface area contributed by atoms with Crippen LogP contribution in [0.25, 0.3) is 0 Å². The summed E-state index contributed by atoms with van der Waals surface area (Å²) in [6, 6.07) is 6.32. The van der Waals surface area contributed by atoms with Gasteiger partial charge in [0.1, 0.15) is 5.75 Å². The number of nitrogens with zero attached hydrogens (tertiary/aromatic N) is 2. The molecule has 0 aliphatic rings. The Bertz CT molecular complexity index is 752. The molecule has 0 radical (unpaired) electrons. The first kappa shape index (κ1) is 18.4. The first-order chi connectivity index (χ1) is 11.3. The van der Waals surface area contributed by atoms with E-state index < -0.39 is 10.0 Å². The average Bonchev–Trinajstić information content (AvgIpc) is 2.96. The highest BCUT2D eigenvalue weighted by atomic mass is 32.2. The second kappa shape index (κ2) is 7.76. The van der Waals surface area contributed by atoms with Gasteiger partial charge in [-0.2, -0.15) is 0 Å². The summed E-state index contributed by atoms with van der Waals surface area (Å²) in [7, 11) is -3.58. The molecule has 0 bridgehead atoms. The van der Waals surface area contributed by atoms with Crippen LogP contribution in [0.4, 0.5) is 0 Å². The van der Waals surface area contributed by atoms with Crippen LogP contribution in [0.1, 0.15) is 45.4 Å². The quantitative estimate of drug-likeness (QED) is 0.783. The highest BCUT2D eigenvalue weighted by Gasteiger charge is 2.15. The summed E-state index contributed by atoms with van der Waals surface area (Å²) < 4.78 is 38.0. The molecule has 1 heterocycles. The van der Waals surface area contributed by atoms with Crippen LogP contribution in [-0.4, -0.2) is 31.3 Å². The number of benzene rings is 1. The summed E-state index contributed by atoms with van der Waals surface area (Å²) in [6.45, 7) is 7.91. The summed E-state index contributed by atoms with van der Waals surface area (Å²) in [6.07, 6.45) is 0.378. The van der Waals surface area contributed by atoms with Crippen molar-refractivity contribution in [1.82, 2.24) is 14.9 Å². The molecular formula is C16H23N3O4S. The Balaban J connectivity index is 1.92. The molecule has 0 amide bonds. The van der Waals surface area contributed by atoms with E-state index in [2.05, 4.69) is 14.9 Å². The molecule has 1 aromatic carbocycles. The zero-order valence-electron chi connectivity index (χ0n) is 14.3. The van der Waals surface area contributed by atoms with Crippen molar-refractivity contribution in [2.24, 2.45) is 0 Å². The molecule has 8 heteroatoms. The molecular weight excluding hydrogens is 330 g/mol. The molecule has 1 N–H and O–H groups in total. The van der Waals surface area contributed by atoms with Gasteiger partial charge in [-0.25, -0.2) is 13.1 Å². The van der Waals surface area contributed by atoms with Gasteiger partial charge in [-0.15, -0.1) is 10.2 Å². The first-order valence-electron chi connectivity index (χ1n) is 7.86. The normalized spacial score (nSPS) is 12.1. The van der Waals surface area contributed by atoms with Gasteiger partial charge in [0, 0.05) is 18.9 Å². The molecule has 1 aromatic heterocycles. The van der Waals surface area contributed by atoms with E-state index in [4.69, 9.17) is 9.15 Å². The van der Waals surface area contributed by atoms with Crippen molar-refractivity contribution in [3.8, 4) is 5.75 Å². The van der Waals surface area contributed by atoms with E-state index in [9.17, 15) is 8.42 Å². The third-order valence-electron chi connectivity index (χ3n) is 3.11. The molecule has 0 spiro atoms. The van der Waals surface area contributed by atoms with Crippen LogP contribution in [0, 0.1) is 0 Å². The fourth-order valence-corrected chi connectivity index (χ4v) is 2.98. The molecule has 24 heavy (non-hydrogen) atoms. The largest absolute Gasteiger partial charge is 0.491 e. The summed E-state index contributed by atoms with van der Waals surface area (Å²) in [4.78, 5) is 0.187. The van der Waals surface area contributed by atoms with Gasteiger partial charge in [0.05, 0.1) is 11.0 Å². The van der Waals surface area contributed by atoms with Gasteiger partial charge < -0.3 is 9.15 Å². The Kier molecular flexibility index (Phi) is 5.95. The van der Waals surface area contributed by atoms with E-state index >= 15 is 0 Å².